The minimum absolute atomic E-state index is 0.0223. The standard InChI is InChI=1S/C22H30O2Se/c1-13-9-15(21(3,4)5)11-17(19(13)23)25-18-12-16(22(6,7)8)10-14(2)20(18)24/h9-12,23-24H,1-8H3. The summed E-state index contributed by atoms with van der Waals surface area (Å²) in [6.45, 7) is 17.0. The third-order valence-electron chi connectivity index (χ3n) is 4.48. The van der Waals surface area contributed by atoms with Crippen LogP contribution in [0.15, 0.2) is 24.3 Å². The van der Waals surface area contributed by atoms with Gasteiger partial charge < -0.3 is 0 Å². The van der Waals surface area contributed by atoms with Crippen molar-refractivity contribution in [3.05, 3.63) is 46.5 Å². The van der Waals surface area contributed by atoms with E-state index < -0.39 is 0 Å². The fraction of sp³-hybridized carbons (Fsp3) is 0.455. The predicted molar refractivity (Wildman–Crippen MR) is 108 cm³/mol. The summed E-state index contributed by atoms with van der Waals surface area (Å²) in [5.41, 5.74) is 4.26. The summed E-state index contributed by atoms with van der Waals surface area (Å²) >= 11 is -0.161. The zero-order valence-corrected chi connectivity index (χ0v) is 18.3. The van der Waals surface area contributed by atoms with Gasteiger partial charge >= 0.3 is 158 Å². The van der Waals surface area contributed by atoms with E-state index >= 15 is 0 Å². The van der Waals surface area contributed by atoms with Crippen LogP contribution in [0.1, 0.15) is 63.8 Å². The quantitative estimate of drug-likeness (QED) is 0.743. The van der Waals surface area contributed by atoms with Crippen molar-refractivity contribution in [1.82, 2.24) is 0 Å². The predicted octanol–water partition coefficient (Wildman–Crippen LogP) is 3.96. The van der Waals surface area contributed by atoms with E-state index in [1.807, 2.05) is 13.8 Å². The molecule has 0 saturated carbocycles. The molecule has 0 saturated heterocycles. The Hall–Kier alpha value is -1.44. The Morgan fingerprint density at radius 1 is 0.640 bits per heavy atom. The summed E-state index contributed by atoms with van der Waals surface area (Å²) in [4.78, 5) is 0. The molecule has 0 fully saturated rings. The van der Waals surface area contributed by atoms with Crippen LogP contribution in [0.4, 0.5) is 0 Å². The van der Waals surface area contributed by atoms with E-state index in [1.54, 1.807) is 0 Å². The molecule has 2 rings (SSSR count). The first-order valence-corrected chi connectivity index (χ1v) is 10.4. The monoisotopic (exact) mass is 406 g/mol. The molecule has 0 bridgehead atoms. The molecule has 0 radical (unpaired) electrons. The molecule has 0 heterocycles. The number of phenols is 2. The SMILES string of the molecule is Cc1cc(C(C)(C)C)cc([Se]c2cc(C(C)(C)C)cc(C)c2O)c1O. The molecule has 2 N–H and O–H groups in total. The summed E-state index contributed by atoms with van der Waals surface area (Å²) in [7, 11) is 0. The third kappa shape index (κ3) is 4.40. The summed E-state index contributed by atoms with van der Waals surface area (Å²) < 4.78 is 1.86. The molecule has 136 valence electrons. The molecule has 0 aliphatic carbocycles. The average molecular weight is 405 g/mol. The molecule has 0 unspecified atom stereocenters. The number of phenolic OH excluding ortho intramolecular Hbond substituents is 2. The van der Waals surface area contributed by atoms with Crippen molar-refractivity contribution in [3.63, 3.8) is 0 Å². The van der Waals surface area contributed by atoms with Crippen LogP contribution < -0.4 is 8.92 Å². The molecular formula is C22H30O2Se. The fourth-order valence-corrected chi connectivity index (χ4v) is 4.99. The molecular weight excluding hydrogens is 375 g/mol. The average Bonchev–Trinajstić information content (AvgIpc) is 2.45. The van der Waals surface area contributed by atoms with Gasteiger partial charge in [0.1, 0.15) is 0 Å². The molecule has 0 aliphatic heterocycles. The van der Waals surface area contributed by atoms with Crippen LogP contribution in [-0.4, -0.2) is 25.2 Å². The number of benzene rings is 2. The Morgan fingerprint density at radius 3 is 1.24 bits per heavy atom. The van der Waals surface area contributed by atoms with Gasteiger partial charge in [0.25, 0.3) is 0 Å². The number of hydrogen-bond donors (Lipinski definition) is 2. The van der Waals surface area contributed by atoms with Gasteiger partial charge in [-0.05, 0) is 0 Å². The van der Waals surface area contributed by atoms with Gasteiger partial charge in [-0.1, -0.05) is 0 Å². The van der Waals surface area contributed by atoms with E-state index in [9.17, 15) is 10.2 Å². The second-order valence-corrected chi connectivity index (χ2v) is 11.2. The van der Waals surface area contributed by atoms with E-state index in [0.717, 1.165) is 20.1 Å². The molecule has 2 aromatic carbocycles. The van der Waals surface area contributed by atoms with Gasteiger partial charge in [-0.2, -0.15) is 0 Å². The van der Waals surface area contributed by atoms with Crippen molar-refractivity contribution in [2.45, 2.75) is 66.2 Å². The Morgan fingerprint density at radius 2 is 0.960 bits per heavy atom. The van der Waals surface area contributed by atoms with E-state index in [-0.39, 0.29) is 25.8 Å². The van der Waals surface area contributed by atoms with Gasteiger partial charge in [-0.15, -0.1) is 0 Å². The van der Waals surface area contributed by atoms with Gasteiger partial charge in [-0.3, -0.25) is 0 Å². The summed E-state index contributed by atoms with van der Waals surface area (Å²) in [6.07, 6.45) is 0. The third-order valence-corrected chi connectivity index (χ3v) is 6.71. The summed E-state index contributed by atoms with van der Waals surface area (Å²) in [5.74, 6) is 0.706. The second kappa shape index (κ2) is 6.70. The van der Waals surface area contributed by atoms with Crippen LogP contribution in [0.2, 0.25) is 0 Å². The molecule has 25 heavy (non-hydrogen) atoms. The maximum atomic E-state index is 10.6. The van der Waals surface area contributed by atoms with Crippen molar-refractivity contribution < 1.29 is 10.2 Å². The molecule has 2 nitrogen and oxygen atoms in total. The molecule has 0 aliphatic rings. The van der Waals surface area contributed by atoms with Crippen LogP contribution >= 0.6 is 0 Å². The normalized spacial score (nSPS) is 12.5. The van der Waals surface area contributed by atoms with Crippen LogP contribution in [0.5, 0.6) is 11.5 Å². The second-order valence-electron chi connectivity index (χ2n) is 8.88. The van der Waals surface area contributed by atoms with Crippen molar-refractivity contribution in [2.24, 2.45) is 0 Å². The van der Waals surface area contributed by atoms with Crippen molar-refractivity contribution in [2.75, 3.05) is 0 Å². The van der Waals surface area contributed by atoms with Crippen molar-refractivity contribution >= 4 is 23.9 Å². The van der Waals surface area contributed by atoms with E-state index in [0.29, 0.717) is 11.5 Å². The van der Waals surface area contributed by atoms with Crippen molar-refractivity contribution in [1.29, 1.82) is 0 Å². The Kier molecular flexibility index (Phi) is 5.33. The number of hydrogen-bond acceptors (Lipinski definition) is 2. The van der Waals surface area contributed by atoms with Crippen LogP contribution in [0.25, 0.3) is 0 Å². The summed E-state index contributed by atoms with van der Waals surface area (Å²) in [6, 6.07) is 8.32. The number of aryl methyl sites for hydroxylation is 2. The molecule has 0 amide bonds. The minimum atomic E-state index is -0.161. The van der Waals surface area contributed by atoms with Gasteiger partial charge in [0.2, 0.25) is 0 Å². The van der Waals surface area contributed by atoms with Gasteiger partial charge in [0.15, 0.2) is 0 Å². The number of rotatable bonds is 2. The molecule has 0 atom stereocenters. The Labute approximate surface area is 158 Å². The first-order valence-electron chi connectivity index (χ1n) is 8.66. The van der Waals surface area contributed by atoms with E-state index in [1.165, 1.54) is 11.1 Å². The number of aromatic hydroxyl groups is 2. The fourth-order valence-electron chi connectivity index (χ4n) is 2.63. The Bertz CT molecular complexity index is 726. The molecule has 2 aromatic rings. The van der Waals surface area contributed by atoms with Crippen LogP contribution in [-0.2, 0) is 10.8 Å². The zero-order chi connectivity index (χ0) is 19.2. The topological polar surface area (TPSA) is 40.5 Å². The zero-order valence-electron chi connectivity index (χ0n) is 16.6. The molecule has 0 spiro atoms. The van der Waals surface area contributed by atoms with Crippen LogP contribution in [0.3, 0.4) is 0 Å². The first-order chi connectivity index (χ1) is 11.3. The van der Waals surface area contributed by atoms with Gasteiger partial charge in [0, 0.05) is 0 Å². The maximum absolute atomic E-state index is 10.6. The molecule has 3 heteroatoms. The van der Waals surface area contributed by atoms with E-state index in [4.69, 9.17) is 0 Å². The Balaban J connectivity index is 2.57. The van der Waals surface area contributed by atoms with E-state index in [2.05, 4.69) is 65.8 Å². The molecule has 0 aromatic heterocycles. The first kappa shape index (κ1) is 19.9. The van der Waals surface area contributed by atoms with Gasteiger partial charge in [0.05, 0.1) is 0 Å². The summed E-state index contributed by atoms with van der Waals surface area (Å²) in [5, 5.41) is 21.1. The van der Waals surface area contributed by atoms with Crippen molar-refractivity contribution in [3.8, 4) is 11.5 Å². The van der Waals surface area contributed by atoms with Gasteiger partial charge in [-0.25, -0.2) is 0 Å². The van der Waals surface area contributed by atoms with Crippen LogP contribution in [0, 0.1) is 13.8 Å².